The summed E-state index contributed by atoms with van der Waals surface area (Å²) in [6.07, 6.45) is -0.613. The molecule has 0 spiro atoms. The van der Waals surface area contributed by atoms with Gasteiger partial charge < -0.3 is 14.7 Å². The Hall–Kier alpha value is -2.89. The van der Waals surface area contributed by atoms with Gasteiger partial charge in [0, 0.05) is 13.0 Å². The van der Waals surface area contributed by atoms with Crippen molar-refractivity contribution in [2.75, 3.05) is 0 Å². The molecule has 0 saturated heterocycles. The van der Waals surface area contributed by atoms with Crippen LogP contribution in [0.4, 0.5) is 4.39 Å². The quantitative estimate of drug-likeness (QED) is 0.927. The van der Waals surface area contributed by atoms with Crippen LogP contribution >= 0.6 is 0 Å². The van der Waals surface area contributed by atoms with Gasteiger partial charge in [-0.05, 0) is 42.3 Å². The lowest BCUT2D eigenvalue weighted by atomic mass is 9.93. The number of fused-ring (bicyclic) bond motifs is 1. The normalized spacial score (nSPS) is 17.5. The average molecular weight is 343 g/mol. The molecule has 6 heteroatoms. The minimum absolute atomic E-state index is 0.225. The standard InChI is InChI=1S/C19H18FNO4/c1-12(25-16-8-6-15(20)7-9-16)18(22)21-11-14-5-3-2-4-13(14)10-17(21)19(23)24/h2-9,12,17H,10-11H2,1H3,(H,23,24). The topological polar surface area (TPSA) is 66.8 Å². The van der Waals surface area contributed by atoms with Gasteiger partial charge in [0.05, 0.1) is 0 Å². The van der Waals surface area contributed by atoms with E-state index in [2.05, 4.69) is 0 Å². The molecule has 1 N–H and O–H groups in total. The molecule has 1 aliphatic heterocycles. The fraction of sp³-hybridized carbons (Fsp3) is 0.263. The summed E-state index contributed by atoms with van der Waals surface area (Å²) >= 11 is 0. The maximum Gasteiger partial charge on any atom is 0.326 e. The van der Waals surface area contributed by atoms with Crippen LogP contribution < -0.4 is 4.74 Å². The van der Waals surface area contributed by atoms with Crippen molar-refractivity contribution in [3.8, 4) is 5.75 Å². The first kappa shape index (κ1) is 17.0. The number of ether oxygens (including phenoxy) is 1. The summed E-state index contributed by atoms with van der Waals surface area (Å²) < 4.78 is 18.5. The highest BCUT2D eigenvalue weighted by Crippen LogP contribution is 2.25. The summed E-state index contributed by atoms with van der Waals surface area (Å²) in [6.45, 7) is 1.79. The van der Waals surface area contributed by atoms with E-state index in [0.717, 1.165) is 11.1 Å². The van der Waals surface area contributed by atoms with E-state index in [1.807, 2.05) is 24.3 Å². The minimum Gasteiger partial charge on any atom is -0.481 e. The minimum atomic E-state index is -1.04. The van der Waals surface area contributed by atoms with Crippen molar-refractivity contribution in [1.82, 2.24) is 4.90 Å². The zero-order valence-corrected chi connectivity index (χ0v) is 13.7. The number of amides is 1. The first-order valence-corrected chi connectivity index (χ1v) is 7.98. The highest BCUT2D eigenvalue weighted by molar-refractivity contribution is 5.87. The molecule has 5 nitrogen and oxygen atoms in total. The summed E-state index contributed by atoms with van der Waals surface area (Å²) in [4.78, 5) is 25.7. The van der Waals surface area contributed by atoms with E-state index in [9.17, 15) is 19.1 Å². The molecule has 1 aliphatic rings. The fourth-order valence-corrected chi connectivity index (χ4v) is 2.98. The molecule has 2 unspecified atom stereocenters. The summed E-state index contributed by atoms with van der Waals surface area (Å²) in [5.74, 6) is -1.50. The van der Waals surface area contributed by atoms with Gasteiger partial charge in [0.25, 0.3) is 5.91 Å². The number of carbonyl (C=O) groups is 2. The molecule has 2 aromatic rings. The van der Waals surface area contributed by atoms with Gasteiger partial charge in [0.1, 0.15) is 17.6 Å². The van der Waals surface area contributed by atoms with E-state index in [1.54, 1.807) is 6.92 Å². The molecule has 1 amide bonds. The highest BCUT2D eigenvalue weighted by atomic mass is 19.1. The van der Waals surface area contributed by atoms with Crippen LogP contribution in [0.5, 0.6) is 5.75 Å². The molecule has 2 aromatic carbocycles. The van der Waals surface area contributed by atoms with E-state index in [1.165, 1.54) is 29.2 Å². The Bertz CT molecular complexity index is 790. The zero-order valence-electron chi connectivity index (χ0n) is 13.7. The lowest BCUT2D eigenvalue weighted by molar-refractivity contribution is -0.154. The Balaban J connectivity index is 1.79. The molecule has 0 aromatic heterocycles. The molecule has 0 radical (unpaired) electrons. The van der Waals surface area contributed by atoms with Gasteiger partial charge in [-0.25, -0.2) is 9.18 Å². The van der Waals surface area contributed by atoms with Crippen LogP contribution in [0, 0.1) is 5.82 Å². The maximum atomic E-state index is 13.0. The average Bonchev–Trinajstić information content (AvgIpc) is 2.61. The molecule has 25 heavy (non-hydrogen) atoms. The van der Waals surface area contributed by atoms with Crippen molar-refractivity contribution in [2.45, 2.75) is 32.0 Å². The van der Waals surface area contributed by atoms with E-state index >= 15 is 0 Å². The first-order chi connectivity index (χ1) is 12.0. The van der Waals surface area contributed by atoms with Crippen molar-refractivity contribution < 1.29 is 23.8 Å². The SMILES string of the molecule is CC(Oc1ccc(F)cc1)C(=O)N1Cc2ccccc2CC1C(=O)O. The number of carbonyl (C=O) groups excluding carboxylic acids is 1. The monoisotopic (exact) mass is 343 g/mol. The van der Waals surface area contributed by atoms with Crippen LogP contribution in [0.3, 0.4) is 0 Å². The van der Waals surface area contributed by atoms with Gasteiger partial charge in [-0.2, -0.15) is 0 Å². The van der Waals surface area contributed by atoms with Crippen molar-refractivity contribution in [1.29, 1.82) is 0 Å². The van der Waals surface area contributed by atoms with Crippen LogP contribution in [-0.2, 0) is 22.6 Å². The second-order valence-electron chi connectivity index (χ2n) is 6.01. The van der Waals surface area contributed by atoms with Crippen molar-refractivity contribution in [3.63, 3.8) is 0 Å². The third-order valence-electron chi connectivity index (χ3n) is 4.29. The Morgan fingerprint density at radius 2 is 1.80 bits per heavy atom. The van der Waals surface area contributed by atoms with E-state index in [-0.39, 0.29) is 13.0 Å². The molecule has 0 saturated carbocycles. The largest absolute Gasteiger partial charge is 0.481 e. The van der Waals surface area contributed by atoms with Crippen LogP contribution in [0.1, 0.15) is 18.1 Å². The van der Waals surface area contributed by atoms with Gasteiger partial charge in [-0.3, -0.25) is 4.79 Å². The van der Waals surface area contributed by atoms with Crippen molar-refractivity contribution in [2.24, 2.45) is 0 Å². The Morgan fingerprint density at radius 1 is 1.16 bits per heavy atom. The first-order valence-electron chi connectivity index (χ1n) is 7.98. The number of aliphatic carboxylic acids is 1. The number of carboxylic acid groups (broad SMARTS) is 1. The summed E-state index contributed by atoms with van der Waals surface area (Å²) in [7, 11) is 0. The van der Waals surface area contributed by atoms with Gasteiger partial charge in [0.2, 0.25) is 0 Å². The molecule has 1 heterocycles. The predicted molar refractivity (Wildman–Crippen MR) is 88.6 cm³/mol. The van der Waals surface area contributed by atoms with Crippen LogP contribution in [0.25, 0.3) is 0 Å². The smallest absolute Gasteiger partial charge is 0.326 e. The molecule has 0 fully saturated rings. The van der Waals surface area contributed by atoms with Crippen LogP contribution in [0.2, 0.25) is 0 Å². The molecule has 2 atom stereocenters. The maximum absolute atomic E-state index is 13.0. The third kappa shape index (κ3) is 3.63. The highest BCUT2D eigenvalue weighted by Gasteiger charge is 2.36. The Kier molecular flexibility index (Phi) is 4.70. The van der Waals surface area contributed by atoms with E-state index < -0.39 is 29.8 Å². The summed E-state index contributed by atoms with van der Waals surface area (Å²) in [6, 6.07) is 11.9. The number of benzene rings is 2. The molecule has 0 bridgehead atoms. The number of hydrogen-bond acceptors (Lipinski definition) is 3. The summed E-state index contributed by atoms with van der Waals surface area (Å²) in [5, 5.41) is 9.51. The van der Waals surface area contributed by atoms with Gasteiger partial charge in [-0.1, -0.05) is 24.3 Å². The third-order valence-corrected chi connectivity index (χ3v) is 4.29. The molecule has 130 valence electrons. The number of hydrogen-bond donors (Lipinski definition) is 1. The number of carboxylic acids is 1. The molecular weight excluding hydrogens is 325 g/mol. The number of nitrogens with zero attached hydrogens (tertiary/aromatic N) is 1. The fourth-order valence-electron chi connectivity index (χ4n) is 2.98. The molecule has 0 aliphatic carbocycles. The van der Waals surface area contributed by atoms with Crippen LogP contribution in [0.15, 0.2) is 48.5 Å². The van der Waals surface area contributed by atoms with Gasteiger partial charge in [0.15, 0.2) is 6.10 Å². The lowest BCUT2D eigenvalue weighted by Crippen LogP contribution is -2.52. The Morgan fingerprint density at radius 3 is 2.44 bits per heavy atom. The zero-order chi connectivity index (χ0) is 18.0. The number of halogens is 1. The summed E-state index contributed by atoms with van der Waals surface area (Å²) in [5.41, 5.74) is 1.87. The second-order valence-corrected chi connectivity index (χ2v) is 6.01. The van der Waals surface area contributed by atoms with Crippen LogP contribution in [-0.4, -0.2) is 34.0 Å². The molecule has 3 rings (SSSR count). The van der Waals surface area contributed by atoms with Crippen molar-refractivity contribution in [3.05, 3.63) is 65.5 Å². The lowest BCUT2D eigenvalue weighted by Gasteiger charge is -2.35. The predicted octanol–water partition coefficient (Wildman–Crippen LogP) is 2.63. The van der Waals surface area contributed by atoms with Gasteiger partial charge >= 0.3 is 5.97 Å². The van der Waals surface area contributed by atoms with E-state index in [0.29, 0.717) is 5.75 Å². The molecular formula is C19H18FNO4. The van der Waals surface area contributed by atoms with Crippen molar-refractivity contribution >= 4 is 11.9 Å². The number of rotatable bonds is 4. The second kappa shape index (κ2) is 6.93. The van der Waals surface area contributed by atoms with Gasteiger partial charge in [-0.15, -0.1) is 0 Å². The Labute approximate surface area is 144 Å². The van der Waals surface area contributed by atoms with E-state index in [4.69, 9.17) is 4.74 Å².